The second-order valence-corrected chi connectivity index (χ2v) is 7.80. The van der Waals surface area contributed by atoms with Crippen LogP contribution in [0.25, 0.3) is 0 Å². The van der Waals surface area contributed by atoms with Crippen molar-refractivity contribution in [3.05, 3.63) is 37.1 Å². The molecule has 2 rings (SSSR count). The van der Waals surface area contributed by atoms with Crippen LogP contribution in [0.15, 0.2) is 27.4 Å². The Morgan fingerprint density at radius 3 is 2.84 bits per heavy atom. The van der Waals surface area contributed by atoms with E-state index in [-0.39, 0.29) is 0 Å². The molecular weight excluding hydrogens is 342 g/mol. The van der Waals surface area contributed by atoms with Gasteiger partial charge in [0.25, 0.3) is 0 Å². The van der Waals surface area contributed by atoms with E-state index in [0.29, 0.717) is 6.04 Å². The SMILES string of the molecule is CCCNC(Cc1ccc(Br)s1)c1cc(OC)cs1. The summed E-state index contributed by atoms with van der Waals surface area (Å²) in [5.74, 6) is 0.954. The van der Waals surface area contributed by atoms with Crippen molar-refractivity contribution in [3.8, 4) is 5.75 Å². The van der Waals surface area contributed by atoms with Crippen LogP contribution < -0.4 is 10.1 Å². The molecule has 0 spiro atoms. The smallest absolute Gasteiger partial charge is 0.129 e. The number of nitrogens with one attached hydrogen (secondary N) is 1. The molecule has 104 valence electrons. The lowest BCUT2D eigenvalue weighted by Crippen LogP contribution is -2.22. The van der Waals surface area contributed by atoms with E-state index in [1.807, 2.05) is 0 Å². The Kier molecular flexibility index (Phi) is 5.88. The highest BCUT2D eigenvalue weighted by Gasteiger charge is 2.15. The maximum absolute atomic E-state index is 5.28. The van der Waals surface area contributed by atoms with Crippen molar-refractivity contribution in [3.63, 3.8) is 0 Å². The van der Waals surface area contributed by atoms with Gasteiger partial charge in [-0.15, -0.1) is 22.7 Å². The van der Waals surface area contributed by atoms with Gasteiger partial charge < -0.3 is 10.1 Å². The van der Waals surface area contributed by atoms with Gasteiger partial charge in [0, 0.05) is 27.6 Å². The molecule has 2 aromatic heterocycles. The van der Waals surface area contributed by atoms with E-state index in [1.165, 1.54) is 13.5 Å². The van der Waals surface area contributed by atoms with Crippen LogP contribution >= 0.6 is 38.6 Å². The molecule has 1 unspecified atom stereocenters. The quantitative estimate of drug-likeness (QED) is 0.761. The van der Waals surface area contributed by atoms with Crippen LogP contribution in [0.3, 0.4) is 0 Å². The minimum atomic E-state index is 0.374. The first kappa shape index (κ1) is 15.0. The molecule has 2 nitrogen and oxygen atoms in total. The number of rotatable bonds is 7. The zero-order valence-corrected chi connectivity index (χ0v) is 14.3. The highest BCUT2D eigenvalue weighted by Crippen LogP contribution is 2.31. The first-order valence-corrected chi connectivity index (χ1v) is 8.82. The Bertz CT molecular complexity index is 509. The predicted octanol–water partition coefficient (Wildman–Crippen LogP) is 4.86. The zero-order valence-electron chi connectivity index (χ0n) is 11.1. The maximum Gasteiger partial charge on any atom is 0.129 e. The van der Waals surface area contributed by atoms with Gasteiger partial charge in [0.2, 0.25) is 0 Å². The number of thiophene rings is 2. The van der Waals surface area contributed by atoms with E-state index in [0.717, 1.165) is 25.1 Å². The van der Waals surface area contributed by atoms with Gasteiger partial charge in [-0.05, 0) is 47.1 Å². The van der Waals surface area contributed by atoms with Crippen LogP contribution in [0.4, 0.5) is 0 Å². The summed E-state index contributed by atoms with van der Waals surface area (Å²) in [4.78, 5) is 2.74. The Morgan fingerprint density at radius 2 is 2.26 bits per heavy atom. The summed E-state index contributed by atoms with van der Waals surface area (Å²) in [7, 11) is 1.72. The zero-order chi connectivity index (χ0) is 13.7. The van der Waals surface area contributed by atoms with E-state index in [1.54, 1.807) is 29.8 Å². The molecule has 0 saturated carbocycles. The molecule has 1 N–H and O–H groups in total. The average molecular weight is 360 g/mol. The van der Waals surface area contributed by atoms with Crippen molar-refractivity contribution in [2.45, 2.75) is 25.8 Å². The Balaban J connectivity index is 2.10. The van der Waals surface area contributed by atoms with Crippen LogP contribution in [-0.2, 0) is 6.42 Å². The molecule has 2 aromatic rings. The average Bonchev–Trinajstić information content (AvgIpc) is 3.03. The van der Waals surface area contributed by atoms with Crippen molar-refractivity contribution in [2.24, 2.45) is 0 Å². The topological polar surface area (TPSA) is 21.3 Å². The van der Waals surface area contributed by atoms with Crippen LogP contribution in [0.5, 0.6) is 5.75 Å². The Labute approximate surface area is 130 Å². The summed E-state index contributed by atoms with van der Waals surface area (Å²) >= 11 is 7.10. The normalized spacial score (nSPS) is 12.6. The summed E-state index contributed by atoms with van der Waals surface area (Å²) < 4.78 is 6.48. The molecule has 0 radical (unpaired) electrons. The largest absolute Gasteiger partial charge is 0.496 e. The van der Waals surface area contributed by atoms with Gasteiger partial charge in [0.1, 0.15) is 5.75 Å². The third-order valence-corrected chi connectivity index (χ3v) is 5.52. The fraction of sp³-hybridized carbons (Fsp3) is 0.429. The van der Waals surface area contributed by atoms with Crippen molar-refractivity contribution >= 4 is 38.6 Å². The first-order valence-electron chi connectivity index (χ1n) is 6.33. The minimum Gasteiger partial charge on any atom is -0.496 e. The molecule has 0 amide bonds. The molecular formula is C14H18BrNOS2. The second-order valence-electron chi connectivity index (χ2n) is 4.31. The van der Waals surface area contributed by atoms with Crippen molar-refractivity contribution in [1.82, 2.24) is 5.32 Å². The molecule has 2 heterocycles. The van der Waals surface area contributed by atoms with Crippen LogP contribution in [-0.4, -0.2) is 13.7 Å². The standard InChI is InChI=1S/C14H18BrNOS2/c1-3-6-16-12(8-11-4-5-14(15)19-11)13-7-10(17-2)9-18-13/h4-5,7,9,12,16H,3,6,8H2,1-2H3. The van der Waals surface area contributed by atoms with Gasteiger partial charge >= 0.3 is 0 Å². The molecule has 5 heteroatoms. The van der Waals surface area contributed by atoms with Gasteiger partial charge in [-0.1, -0.05) is 6.92 Å². The van der Waals surface area contributed by atoms with Crippen molar-refractivity contribution in [2.75, 3.05) is 13.7 Å². The number of hydrogen-bond donors (Lipinski definition) is 1. The molecule has 0 bridgehead atoms. The van der Waals surface area contributed by atoms with E-state index >= 15 is 0 Å². The molecule has 0 aliphatic carbocycles. The summed E-state index contributed by atoms with van der Waals surface area (Å²) in [6.07, 6.45) is 2.17. The second kappa shape index (κ2) is 7.43. The Morgan fingerprint density at radius 1 is 1.42 bits per heavy atom. The van der Waals surface area contributed by atoms with Gasteiger partial charge in [-0.25, -0.2) is 0 Å². The highest BCUT2D eigenvalue weighted by atomic mass is 79.9. The monoisotopic (exact) mass is 359 g/mol. The first-order chi connectivity index (χ1) is 9.22. The molecule has 0 aromatic carbocycles. The number of halogens is 1. The fourth-order valence-electron chi connectivity index (χ4n) is 1.88. The molecule has 0 saturated heterocycles. The van der Waals surface area contributed by atoms with Gasteiger partial charge in [0.05, 0.1) is 10.9 Å². The molecule has 0 aliphatic heterocycles. The summed E-state index contributed by atoms with van der Waals surface area (Å²) in [5.41, 5.74) is 0. The summed E-state index contributed by atoms with van der Waals surface area (Å²) in [5, 5.41) is 5.70. The summed E-state index contributed by atoms with van der Waals surface area (Å²) in [6.45, 7) is 3.23. The van der Waals surface area contributed by atoms with E-state index in [9.17, 15) is 0 Å². The molecule has 19 heavy (non-hydrogen) atoms. The summed E-state index contributed by atoms with van der Waals surface area (Å²) in [6, 6.07) is 6.83. The predicted molar refractivity (Wildman–Crippen MR) is 87.6 cm³/mol. The van der Waals surface area contributed by atoms with E-state index < -0.39 is 0 Å². The van der Waals surface area contributed by atoms with E-state index in [4.69, 9.17) is 4.74 Å². The van der Waals surface area contributed by atoms with Crippen molar-refractivity contribution < 1.29 is 4.74 Å². The lowest BCUT2D eigenvalue weighted by molar-refractivity contribution is 0.415. The van der Waals surface area contributed by atoms with Crippen LogP contribution in [0, 0.1) is 0 Å². The number of hydrogen-bond acceptors (Lipinski definition) is 4. The third-order valence-electron chi connectivity index (χ3n) is 2.85. The van der Waals surface area contributed by atoms with Gasteiger partial charge in [-0.2, -0.15) is 0 Å². The lowest BCUT2D eigenvalue weighted by atomic mass is 10.1. The van der Waals surface area contributed by atoms with Crippen LogP contribution in [0.2, 0.25) is 0 Å². The van der Waals surface area contributed by atoms with E-state index in [2.05, 4.69) is 51.7 Å². The number of ether oxygens (including phenoxy) is 1. The highest BCUT2D eigenvalue weighted by molar-refractivity contribution is 9.11. The fourth-order valence-corrected chi connectivity index (χ4v) is 4.34. The third kappa shape index (κ3) is 4.31. The Hall–Kier alpha value is -0.360. The molecule has 0 aliphatic rings. The maximum atomic E-state index is 5.28. The minimum absolute atomic E-state index is 0.374. The van der Waals surface area contributed by atoms with Crippen LogP contribution in [0.1, 0.15) is 29.1 Å². The molecule has 1 atom stereocenters. The van der Waals surface area contributed by atoms with Gasteiger partial charge in [-0.3, -0.25) is 0 Å². The number of methoxy groups -OCH3 is 1. The van der Waals surface area contributed by atoms with Gasteiger partial charge in [0.15, 0.2) is 0 Å². The molecule has 0 fully saturated rings. The lowest BCUT2D eigenvalue weighted by Gasteiger charge is -2.16. The van der Waals surface area contributed by atoms with Crippen molar-refractivity contribution in [1.29, 1.82) is 0 Å².